The maximum atomic E-state index is 12.6. The van der Waals surface area contributed by atoms with Crippen LogP contribution in [0, 0.1) is 12.8 Å². The van der Waals surface area contributed by atoms with E-state index >= 15 is 0 Å². The van der Waals surface area contributed by atoms with Gasteiger partial charge in [0, 0.05) is 29.3 Å². The summed E-state index contributed by atoms with van der Waals surface area (Å²) in [6.07, 6.45) is 11.5. The van der Waals surface area contributed by atoms with Crippen LogP contribution in [0.25, 0.3) is 5.65 Å². The van der Waals surface area contributed by atoms with Crippen molar-refractivity contribution in [3.05, 3.63) is 64.2 Å². The zero-order valence-corrected chi connectivity index (χ0v) is 13.8. The molecule has 0 bridgehead atoms. The van der Waals surface area contributed by atoms with Gasteiger partial charge in [-0.05, 0) is 31.9 Å². The van der Waals surface area contributed by atoms with Crippen LogP contribution in [-0.4, -0.2) is 21.9 Å². The first-order valence-electron chi connectivity index (χ1n) is 7.73. The van der Waals surface area contributed by atoms with E-state index in [0.717, 1.165) is 6.42 Å². The van der Waals surface area contributed by atoms with Crippen molar-refractivity contribution in [1.82, 2.24) is 9.38 Å². The lowest BCUT2D eigenvalue weighted by Gasteiger charge is -2.16. The van der Waals surface area contributed by atoms with Crippen molar-refractivity contribution in [3.63, 3.8) is 0 Å². The van der Waals surface area contributed by atoms with E-state index in [1.54, 1.807) is 10.6 Å². The molecule has 2 aromatic rings. The van der Waals surface area contributed by atoms with Crippen molar-refractivity contribution >= 4 is 17.2 Å². The average Bonchev–Trinajstić information content (AvgIpc) is 2.58. The summed E-state index contributed by atoms with van der Waals surface area (Å²) in [7, 11) is 0. The number of aromatic nitrogens is 2. The zero-order chi connectivity index (χ0) is 16.2. The summed E-state index contributed by atoms with van der Waals surface area (Å²) >= 11 is 5.79. The number of ether oxygens (including phenoxy) is 1. The lowest BCUT2D eigenvalue weighted by Crippen LogP contribution is -2.22. The highest BCUT2D eigenvalue weighted by Crippen LogP contribution is 2.20. The van der Waals surface area contributed by atoms with Gasteiger partial charge in [0.15, 0.2) is 11.4 Å². The van der Waals surface area contributed by atoms with Crippen molar-refractivity contribution in [3.8, 4) is 5.75 Å². The smallest absolute Gasteiger partial charge is 0.261 e. The summed E-state index contributed by atoms with van der Waals surface area (Å²) < 4.78 is 7.48. The fraction of sp³-hybridized carbons (Fsp3) is 0.333. The first-order chi connectivity index (χ1) is 11.2. The highest BCUT2D eigenvalue weighted by atomic mass is 35.5. The number of fused-ring (bicyclic) bond motifs is 1. The molecule has 120 valence electrons. The predicted molar refractivity (Wildman–Crippen MR) is 92.5 cm³/mol. The molecule has 1 unspecified atom stereocenters. The summed E-state index contributed by atoms with van der Waals surface area (Å²) in [5, 5.41) is 0. The number of rotatable bonds is 5. The fourth-order valence-electron chi connectivity index (χ4n) is 2.73. The minimum atomic E-state index is -0.0703. The minimum Gasteiger partial charge on any atom is -0.489 e. The molecule has 2 heterocycles. The van der Waals surface area contributed by atoms with Crippen LogP contribution in [0.2, 0.25) is 0 Å². The van der Waals surface area contributed by atoms with Crippen molar-refractivity contribution in [2.75, 3.05) is 12.5 Å². The SMILES string of the molecule is Cc1nc2c(OCC3C=CC=CC3)cccn2c(=O)c1CCCl. The van der Waals surface area contributed by atoms with Gasteiger partial charge in [-0.2, -0.15) is 0 Å². The van der Waals surface area contributed by atoms with Crippen molar-refractivity contribution in [2.45, 2.75) is 19.8 Å². The molecule has 2 aromatic heterocycles. The molecule has 23 heavy (non-hydrogen) atoms. The monoisotopic (exact) mass is 330 g/mol. The third-order valence-electron chi connectivity index (χ3n) is 3.99. The molecule has 0 radical (unpaired) electrons. The largest absolute Gasteiger partial charge is 0.489 e. The van der Waals surface area contributed by atoms with Crippen molar-refractivity contribution in [2.24, 2.45) is 5.92 Å². The van der Waals surface area contributed by atoms with Gasteiger partial charge in [0.2, 0.25) is 0 Å². The Kier molecular flexibility index (Phi) is 4.82. The topological polar surface area (TPSA) is 43.6 Å². The van der Waals surface area contributed by atoms with E-state index in [0.29, 0.717) is 47.5 Å². The van der Waals surface area contributed by atoms with E-state index in [9.17, 15) is 4.79 Å². The van der Waals surface area contributed by atoms with Crippen molar-refractivity contribution < 1.29 is 4.74 Å². The van der Waals surface area contributed by atoms with E-state index in [1.807, 2.05) is 31.2 Å². The van der Waals surface area contributed by atoms with Crippen LogP contribution in [0.5, 0.6) is 5.75 Å². The van der Waals surface area contributed by atoms with Gasteiger partial charge >= 0.3 is 0 Å². The molecule has 5 heteroatoms. The maximum absolute atomic E-state index is 12.6. The van der Waals surface area contributed by atoms with Crippen LogP contribution < -0.4 is 10.3 Å². The number of nitrogens with zero attached hydrogens (tertiary/aromatic N) is 2. The van der Waals surface area contributed by atoms with Gasteiger partial charge in [0.25, 0.3) is 5.56 Å². The number of hydrogen-bond acceptors (Lipinski definition) is 3. The third-order valence-corrected chi connectivity index (χ3v) is 4.17. The Morgan fingerprint density at radius 2 is 2.30 bits per heavy atom. The molecule has 4 nitrogen and oxygen atoms in total. The molecule has 1 aliphatic rings. The van der Waals surface area contributed by atoms with E-state index in [4.69, 9.17) is 16.3 Å². The van der Waals surface area contributed by atoms with Gasteiger partial charge in [-0.1, -0.05) is 24.3 Å². The predicted octanol–water partition coefficient (Wildman–Crippen LogP) is 3.30. The number of alkyl halides is 1. The molecule has 0 saturated carbocycles. The summed E-state index contributed by atoms with van der Waals surface area (Å²) in [6, 6.07) is 3.66. The van der Waals surface area contributed by atoms with Crippen LogP contribution in [0.4, 0.5) is 0 Å². The van der Waals surface area contributed by atoms with Crippen LogP contribution in [-0.2, 0) is 6.42 Å². The quantitative estimate of drug-likeness (QED) is 0.790. The number of pyridine rings is 1. The second kappa shape index (κ2) is 7.01. The first kappa shape index (κ1) is 15.8. The Hall–Kier alpha value is -2.07. The van der Waals surface area contributed by atoms with Crippen LogP contribution in [0.1, 0.15) is 17.7 Å². The molecule has 0 amide bonds. The molecule has 0 aliphatic heterocycles. The summed E-state index contributed by atoms with van der Waals surface area (Å²) in [5.41, 5.74) is 1.87. The fourth-order valence-corrected chi connectivity index (χ4v) is 2.92. The lowest BCUT2D eigenvalue weighted by molar-refractivity contribution is 0.277. The maximum Gasteiger partial charge on any atom is 0.261 e. The van der Waals surface area contributed by atoms with Crippen LogP contribution >= 0.6 is 11.6 Å². The van der Waals surface area contributed by atoms with E-state index in [-0.39, 0.29) is 5.56 Å². The number of allylic oxidation sites excluding steroid dienone is 3. The second-order valence-corrected chi connectivity index (χ2v) is 5.98. The van der Waals surface area contributed by atoms with Crippen LogP contribution in [0.3, 0.4) is 0 Å². The van der Waals surface area contributed by atoms with Gasteiger partial charge in [-0.25, -0.2) is 4.98 Å². The number of hydrogen-bond donors (Lipinski definition) is 0. The number of halogens is 1. The van der Waals surface area contributed by atoms with E-state index in [2.05, 4.69) is 17.1 Å². The van der Waals surface area contributed by atoms with Gasteiger partial charge in [0.05, 0.1) is 6.61 Å². The highest BCUT2D eigenvalue weighted by molar-refractivity contribution is 6.18. The van der Waals surface area contributed by atoms with Crippen LogP contribution in [0.15, 0.2) is 47.4 Å². The normalized spacial score (nSPS) is 16.9. The average molecular weight is 331 g/mol. The summed E-state index contributed by atoms with van der Waals surface area (Å²) in [4.78, 5) is 17.2. The Morgan fingerprint density at radius 1 is 1.43 bits per heavy atom. The molecule has 0 N–H and O–H groups in total. The van der Waals surface area contributed by atoms with Gasteiger partial charge in [0.1, 0.15) is 0 Å². The molecule has 0 saturated heterocycles. The number of aryl methyl sites for hydroxylation is 1. The molecular weight excluding hydrogens is 312 g/mol. The highest BCUT2D eigenvalue weighted by Gasteiger charge is 2.13. The molecule has 0 aromatic carbocycles. The van der Waals surface area contributed by atoms with Gasteiger partial charge in [-0.3, -0.25) is 9.20 Å². The molecular formula is C18H19ClN2O2. The molecule has 3 rings (SSSR count). The molecule has 0 fully saturated rings. The Morgan fingerprint density at radius 3 is 3.04 bits per heavy atom. The molecule has 1 aliphatic carbocycles. The van der Waals surface area contributed by atoms with Gasteiger partial charge in [-0.15, -0.1) is 11.6 Å². The standard InChI is InChI=1S/C18H19ClN2O2/c1-13-15(9-10-19)18(22)21-11-5-8-16(17(21)20-13)23-12-14-6-3-2-4-7-14/h2-6,8,11,14H,7,9-10,12H2,1H3. The Labute approximate surface area is 140 Å². The van der Waals surface area contributed by atoms with Gasteiger partial charge < -0.3 is 4.74 Å². The first-order valence-corrected chi connectivity index (χ1v) is 8.27. The summed E-state index contributed by atoms with van der Waals surface area (Å²) in [6.45, 7) is 2.41. The van der Waals surface area contributed by atoms with Crippen molar-refractivity contribution in [1.29, 1.82) is 0 Å². The lowest BCUT2D eigenvalue weighted by atomic mass is 10.0. The minimum absolute atomic E-state index is 0.0703. The molecule has 1 atom stereocenters. The Balaban J connectivity index is 1.93. The zero-order valence-electron chi connectivity index (χ0n) is 13.0. The third kappa shape index (κ3) is 3.32. The summed E-state index contributed by atoms with van der Waals surface area (Å²) in [5.74, 6) is 1.39. The Bertz CT molecular complexity index is 824. The van der Waals surface area contributed by atoms with E-state index in [1.165, 1.54) is 0 Å². The van der Waals surface area contributed by atoms with E-state index < -0.39 is 0 Å². The molecule has 0 spiro atoms. The second-order valence-electron chi connectivity index (χ2n) is 5.61.